The van der Waals surface area contributed by atoms with Crippen LogP contribution < -0.4 is 16.2 Å². The Hall–Kier alpha value is -3.15. The molecular weight excluding hydrogens is 328 g/mol. The highest BCUT2D eigenvalue weighted by molar-refractivity contribution is 5.76. The summed E-state index contributed by atoms with van der Waals surface area (Å²) in [6.45, 7) is 0.475. The fourth-order valence-corrected chi connectivity index (χ4v) is 2.81. The van der Waals surface area contributed by atoms with Crippen LogP contribution in [0.2, 0.25) is 0 Å². The van der Waals surface area contributed by atoms with Crippen LogP contribution in [-0.4, -0.2) is 29.1 Å². The molecule has 3 rings (SSSR count). The van der Waals surface area contributed by atoms with Crippen molar-refractivity contribution in [2.75, 3.05) is 18.9 Å². The molecule has 0 saturated carbocycles. The standard InChI is InChI=1S/C20H22N4O2/c1-21-18(25)14-24-17(16-10-6-3-7-11-16)13-23-19(20(24)26)22-12-15-8-4-2-5-9-15/h3-4,6-11,13H,2,5,12,14H2,1H3,(H,21,25)(H,22,23). The van der Waals surface area contributed by atoms with Gasteiger partial charge < -0.3 is 10.6 Å². The minimum absolute atomic E-state index is 0.0562. The second kappa shape index (κ2) is 8.29. The fourth-order valence-electron chi connectivity index (χ4n) is 2.81. The van der Waals surface area contributed by atoms with Gasteiger partial charge >= 0.3 is 0 Å². The molecule has 0 aliphatic heterocycles. The summed E-state index contributed by atoms with van der Waals surface area (Å²) in [5.41, 5.74) is 2.27. The zero-order chi connectivity index (χ0) is 18.4. The van der Waals surface area contributed by atoms with Gasteiger partial charge in [-0.25, -0.2) is 4.98 Å². The van der Waals surface area contributed by atoms with E-state index in [9.17, 15) is 9.59 Å². The lowest BCUT2D eigenvalue weighted by Gasteiger charge is -2.15. The summed E-state index contributed by atoms with van der Waals surface area (Å²) < 4.78 is 1.45. The number of hydrogen-bond acceptors (Lipinski definition) is 4. The maximum Gasteiger partial charge on any atom is 0.294 e. The van der Waals surface area contributed by atoms with Crippen molar-refractivity contribution in [1.82, 2.24) is 14.9 Å². The Balaban J connectivity index is 1.93. The van der Waals surface area contributed by atoms with Crippen molar-refractivity contribution < 1.29 is 4.79 Å². The van der Waals surface area contributed by atoms with Gasteiger partial charge in [0.1, 0.15) is 6.54 Å². The first kappa shape index (κ1) is 17.7. The molecule has 0 unspecified atom stereocenters. The van der Waals surface area contributed by atoms with Crippen LogP contribution in [0.1, 0.15) is 12.8 Å². The van der Waals surface area contributed by atoms with E-state index in [0.717, 1.165) is 24.0 Å². The number of hydrogen-bond donors (Lipinski definition) is 2. The van der Waals surface area contributed by atoms with E-state index >= 15 is 0 Å². The van der Waals surface area contributed by atoms with Crippen LogP contribution in [-0.2, 0) is 11.3 Å². The Morgan fingerprint density at radius 1 is 1.23 bits per heavy atom. The first-order valence-corrected chi connectivity index (χ1v) is 8.64. The summed E-state index contributed by atoms with van der Waals surface area (Å²) in [7, 11) is 1.55. The van der Waals surface area contributed by atoms with Crippen molar-refractivity contribution in [3.63, 3.8) is 0 Å². The molecule has 1 aliphatic carbocycles. The minimum atomic E-state index is -0.310. The average Bonchev–Trinajstić information content (AvgIpc) is 2.70. The van der Waals surface area contributed by atoms with E-state index < -0.39 is 0 Å². The first-order chi connectivity index (χ1) is 12.7. The van der Waals surface area contributed by atoms with Gasteiger partial charge in [0.05, 0.1) is 11.9 Å². The van der Waals surface area contributed by atoms with Crippen LogP contribution >= 0.6 is 0 Å². The van der Waals surface area contributed by atoms with Crippen molar-refractivity contribution in [3.05, 3.63) is 70.7 Å². The van der Waals surface area contributed by atoms with Gasteiger partial charge in [0.25, 0.3) is 5.56 Å². The Labute approximate surface area is 152 Å². The monoisotopic (exact) mass is 350 g/mol. The molecule has 0 radical (unpaired) electrons. The summed E-state index contributed by atoms with van der Waals surface area (Å²) in [4.78, 5) is 29.1. The fraction of sp³-hybridized carbons (Fsp3) is 0.250. The number of likely N-dealkylation sites (N-methyl/N-ethyl adjacent to an activating group) is 1. The molecule has 6 heteroatoms. The topological polar surface area (TPSA) is 76.0 Å². The SMILES string of the molecule is CNC(=O)Cn1c(-c2ccccc2)cnc(NCC2=CCCC=C2)c1=O. The lowest BCUT2D eigenvalue weighted by atomic mass is 10.1. The molecule has 0 atom stereocenters. The Bertz CT molecular complexity index is 898. The zero-order valence-corrected chi connectivity index (χ0v) is 14.7. The molecule has 0 spiro atoms. The van der Waals surface area contributed by atoms with Gasteiger partial charge in [-0.15, -0.1) is 0 Å². The van der Waals surface area contributed by atoms with E-state index in [2.05, 4.69) is 33.8 Å². The molecule has 1 heterocycles. The minimum Gasteiger partial charge on any atom is -0.361 e. The molecule has 0 fully saturated rings. The van der Waals surface area contributed by atoms with E-state index in [1.165, 1.54) is 4.57 Å². The summed E-state index contributed by atoms with van der Waals surface area (Å²) in [6, 6.07) is 9.46. The van der Waals surface area contributed by atoms with Crippen molar-refractivity contribution in [2.24, 2.45) is 0 Å². The van der Waals surface area contributed by atoms with Crippen LogP contribution in [0.25, 0.3) is 11.3 Å². The number of nitrogens with one attached hydrogen (secondary N) is 2. The van der Waals surface area contributed by atoms with Gasteiger partial charge in [-0.1, -0.05) is 48.6 Å². The number of aromatic nitrogens is 2. The summed E-state index contributed by atoms with van der Waals surface area (Å²) in [5.74, 6) is 0.00723. The molecule has 134 valence electrons. The molecule has 2 aromatic rings. The number of anilines is 1. The molecule has 1 aromatic heterocycles. The number of allylic oxidation sites excluding steroid dienone is 2. The summed E-state index contributed by atoms with van der Waals surface area (Å²) in [5, 5.41) is 5.66. The van der Waals surface area contributed by atoms with Gasteiger partial charge in [0.2, 0.25) is 5.91 Å². The second-order valence-electron chi connectivity index (χ2n) is 6.03. The van der Waals surface area contributed by atoms with E-state index in [0.29, 0.717) is 12.2 Å². The highest BCUT2D eigenvalue weighted by atomic mass is 16.2. The van der Waals surface area contributed by atoms with E-state index in [4.69, 9.17) is 0 Å². The number of rotatable bonds is 6. The molecule has 1 aromatic carbocycles. The van der Waals surface area contributed by atoms with Crippen molar-refractivity contribution >= 4 is 11.7 Å². The lowest BCUT2D eigenvalue weighted by Crippen LogP contribution is -2.33. The molecule has 2 N–H and O–H groups in total. The second-order valence-corrected chi connectivity index (χ2v) is 6.03. The average molecular weight is 350 g/mol. The summed E-state index contributed by atoms with van der Waals surface area (Å²) >= 11 is 0. The molecule has 0 bridgehead atoms. The molecule has 6 nitrogen and oxygen atoms in total. The van der Waals surface area contributed by atoms with Gasteiger partial charge in [0.15, 0.2) is 5.82 Å². The maximum atomic E-state index is 12.9. The highest BCUT2D eigenvalue weighted by Crippen LogP contribution is 2.18. The van der Waals surface area contributed by atoms with Crippen molar-refractivity contribution in [1.29, 1.82) is 0 Å². The highest BCUT2D eigenvalue weighted by Gasteiger charge is 2.14. The number of carbonyl (C=O) groups excluding carboxylic acids is 1. The molecular formula is C20H22N4O2. The van der Waals surface area contributed by atoms with Crippen molar-refractivity contribution in [2.45, 2.75) is 19.4 Å². The normalized spacial score (nSPS) is 13.2. The van der Waals surface area contributed by atoms with E-state index in [-0.39, 0.29) is 23.8 Å². The Morgan fingerprint density at radius 3 is 2.73 bits per heavy atom. The predicted octanol–water partition coefficient (Wildman–Crippen LogP) is 2.34. The smallest absolute Gasteiger partial charge is 0.294 e. The third-order valence-corrected chi connectivity index (χ3v) is 4.24. The van der Waals surface area contributed by atoms with Crippen LogP contribution in [0.15, 0.2) is 65.1 Å². The van der Waals surface area contributed by atoms with Crippen LogP contribution in [0.5, 0.6) is 0 Å². The number of amides is 1. The third-order valence-electron chi connectivity index (χ3n) is 4.24. The largest absolute Gasteiger partial charge is 0.361 e. The molecule has 1 amide bonds. The van der Waals surface area contributed by atoms with Gasteiger partial charge in [-0.2, -0.15) is 0 Å². The molecule has 0 saturated heterocycles. The Morgan fingerprint density at radius 2 is 2.04 bits per heavy atom. The maximum absolute atomic E-state index is 12.9. The van der Waals surface area contributed by atoms with Gasteiger partial charge in [0, 0.05) is 13.6 Å². The quantitative estimate of drug-likeness (QED) is 0.838. The first-order valence-electron chi connectivity index (χ1n) is 8.64. The third kappa shape index (κ3) is 4.08. The van der Waals surface area contributed by atoms with Crippen LogP contribution in [0.3, 0.4) is 0 Å². The van der Waals surface area contributed by atoms with Crippen LogP contribution in [0, 0.1) is 0 Å². The zero-order valence-electron chi connectivity index (χ0n) is 14.7. The molecule has 1 aliphatic rings. The van der Waals surface area contributed by atoms with Gasteiger partial charge in [-0.3, -0.25) is 14.2 Å². The van der Waals surface area contributed by atoms with E-state index in [1.807, 2.05) is 30.3 Å². The Kier molecular flexibility index (Phi) is 5.63. The van der Waals surface area contributed by atoms with E-state index in [1.54, 1.807) is 13.2 Å². The van der Waals surface area contributed by atoms with Gasteiger partial charge in [-0.05, 0) is 24.0 Å². The number of carbonyl (C=O) groups is 1. The number of benzene rings is 1. The number of nitrogens with zero attached hydrogens (tertiary/aromatic N) is 2. The van der Waals surface area contributed by atoms with Crippen molar-refractivity contribution in [3.8, 4) is 11.3 Å². The molecule has 26 heavy (non-hydrogen) atoms. The predicted molar refractivity (Wildman–Crippen MR) is 103 cm³/mol. The van der Waals surface area contributed by atoms with Crippen LogP contribution in [0.4, 0.5) is 5.82 Å². The summed E-state index contributed by atoms with van der Waals surface area (Å²) in [6.07, 6.45) is 10.0. The lowest BCUT2D eigenvalue weighted by molar-refractivity contribution is -0.121.